The molecule has 11 rings (SSSR count). The Kier molecular flexibility index (Phi) is 3.09. The predicted molar refractivity (Wildman–Crippen MR) is 215 cm³/mol. The van der Waals surface area contributed by atoms with E-state index in [9.17, 15) is 15.1 Å². The lowest BCUT2D eigenvalue weighted by Gasteiger charge is -2.11. The maximum Gasteiger partial charge on any atom is 0.0652 e. The van der Waals surface area contributed by atoms with E-state index in [1.54, 1.807) is 60.7 Å². The molecule has 0 fully saturated rings. The number of fused-ring (bicyclic) bond motifs is 9. The van der Waals surface area contributed by atoms with E-state index in [-0.39, 0.29) is 49.3 Å². The molecule has 238 valence electrons. The van der Waals surface area contributed by atoms with Gasteiger partial charge in [-0.3, -0.25) is 0 Å². The molecule has 3 heterocycles. The predicted octanol–water partition coefficient (Wildman–Crippen LogP) is 12.6. The van der Waals surface area contributed by atoms with Crippen molar-refractivity contribution in [2.45, 2.75) is 0 Å². The third-order valence-corrected chi connectivity index (χ3v) is 8.96. The zero-order valence-corrected chi connectivity index (χ0v) is 26.1. The summed E-state index contributed by atoms with van der Waals surface area (Å²) < 4.78 is 197. The molecule has 0 amide bonds. The lowest BCUT2D eigenvalue weighted by atomic mass is 10.0. The molecule has 51 heavy (non-hydrogen) atoms. The van der Waals surface area contributed by atoms with Crippen LogP contribution in [0.1, 0.15) is 28.8 Å². The van der Waals surface area contributed by atoms with Gasteiger partial charge in [0.2, 0.25) is 0 Å². The topological polar surface area (TPSA) is 14.8 Å². The Labute approximate surface area is 324 Å². The molecule has 0 unspecified atom stereocenters. The summed E-state index contributed by atoms with van der Waals surface area (Å²) in [6, 6.07) is 1.90. The Bertz CT molecular complexity index is 4330. The zero-order valence-electron chi connectivity index (χ0n) is 47.1. The molecule has 3 heteroatoms. The molecule has 0 spiro atoms. The van der Waals surface area contributed by atoms with Crippen molar-refractivity contribution in [2.24, 2.45) is 0 Å². The minimum Gasteiger partial charge on any atom is -0.309 e. The van der Waals surface area contributed by atoms with Crippen LogP contribution in [0.15, 0.2) is 188 Å². The van der Waals surface area contributed by atoms with E-state index in [0.29, 0.717) is 5.69 Å². The first-order valence-electron chi connectivity index (χ1n) is 26.3. The van der Waals surface area contributed by atoms with Crippen molar-refractivity contribution in [1.82, 2.24) is 13.7 Å². The Morgan fingerprint density at radius 3 is 1.31 bits per heavy atom. The summed E-state index contributed by atoms with van der Waals surface area (Å²) in [4.78, 5) is 0. The van der Waals surface area contributed by atoms with Crippen LogP contribution in [0, 0.1) is 0 Å². The fourth-order valence-corrected chi connectivity index (χ4v) is 6.79. The second-order valence-corrected chi connectivity index (χ2v) is 11.7. The molecule has 0 bridgehead atoms. The van der Waals surface area contributed by atoms with E-state index in [0.717, 1.165) is 4.57 Å². The van der Waals surface area contributed by atoms with E-state index in [4.69, 9.17) is 13.7 Å². The number of aromatic nitrogens is 3. The number of rotatable bonds is 4. The number of nitrogens with zero attached hydrogens (tertiary/aromatic N) is 3. The second kappa shape index (κ2) is 10.8. The Hall–Kier alpha value is -6.84. The first-order valence-corrected chi connectivity index (χ1v) is 15.8. The number of hydrogen-bond donors (Lipinski definition) is 0. The molecule has 3 nitrogen and oxygen atoms in total. The molecule has 3 aromatic heterocycles. The minimum absolute atomic E-state index is 0.126. The van der Waals surface area contributed by atoms with Crippen LogP contribution in [0.25, 0.3) is 93.6 Å². The molecule has 0 N–H and O–H groups in total. The maximum atomic E-state index is 9.94. The quantitative estimate of drug-likeness (QED) is 0.177. The van der Waals surface area contributed by atoms with Gasteiger partial charge in [-0.15, -0.1) is 0 Å². The molecule has 11 aromatic rings. The Morgan fingerprint density at radius 1 is 0.294 bits per heavy atom. The van der Waals surface area contributed by atoms with Gasteiger partial charge >= 0.3 is 0 Å². The summed E-state index contributed by atoms with van der Waals surface area (Å²) in [5, 5.41) is -1.75. The molecular weight excluding hydrogens is 619 g/mol. The minimum atomic E-state index is -0.862. The van der Waals surface area contributed by atoms with Gasteiger partial charge in [-0.05, 0) is 89.8 Å². The summed E-state index contributed by atoms with van der Waals surface area (Å²) in [7, 11) is 0. The monoisotopic (exact) mass is 670 g/mol. The van der Waals surface area contributed by atoms with Gasteiger partial charge in [-0.1, -0.05) is 109 Å². The summed E-state index contributed by atoms with van der Waals surface area (Å²) >= 11 is 0. The second-order valence-electron chi connectivity index (χ2n) is 11.7. The average Bonchev–Trinajstić information content (AvgIpc) is 4.05. The molecule has 0 atom stereocenters. The van der Waals surface area contributed by atoms with Crippen LogP contribution in [-0.4, -0.2) is 13.7 Å². The third-order valence-electron chi connectivity index (χ3n) is 8.96. The highest BCUT2D eigenvalue weighted by Crippen LogP contribution is 2.40. The van der Waals surface area contributed by atoms with Gasteiger partial charge in [-0.2, -0.15) is 0 Å². The molecule has 0 radical (unpaired) electrons. The van der Waals surface area contributed by atoms with Crippen molar-refractivity contribution in [2.75, 3.05) is 0 Å². The van der Waals surface area contributed by atoms with E-state index in [1.165, 1.54) is 9.13 Å². The van der Waals surface area contributed by atoms with Crippen molar-refractivity contribution in [3.63, 3.8) is 0 Å². The van der Waals surface area contributed by atoms with Crippen molar-refractivity contribution in [3.8, 4) is 28.2 Å². The first kappa shape index (κ1) is 14.6. The molecule has 0 aliphatic heterocycles. The molecular formula is C48H31N3. The van der Waals surface area contributed by atoms with Gasteiger partial charge in [0.05, 0.1) is 61.9 Å². The highest BCUT2D eigenvalue weighted by molar-refractivity contribution is 6.14. The van der Waals surface area contributed by atoms with Crippen LogP contribution < -0.4 is 0 Å². The van der Waals surface area contributed by atoms with Gasteiger partial charge in [-0.25, -0.2) is 0 Å². The summed E-state index contributed by atoms with van der Waals surface area (Å²) in [6.07, 6.45) is 0. The van der Waals surface area contributed by atoms with Crippen LogP contribution in [0.2, 0.25) is 0 Å². The molecule has 0 aliphatic carbocycles. The number of hydrogen-bond acceptors (Lipinski definition) is 0. The molecule has 8 aromatic carbocycles. The third kappa shape index (κ3) is 4.12. The fraction of sp³-hybridized carbons (Fsp3) is 0. The first-order chi connectivity index (χ1) is 34.1. The number of para-hydroxylation sites is 5. The largest absolute Gasteiger partial charge is 0.309 e. The van der Waals surface area contributed by atoms with Crippen molar-refractivity contribution in [3.05, 3.63) is 188 Å². The van der Waals surface area contributed by atoms with Crippen LogP contribution in [-0.2, 0) is 0 Å². The summed E-state index contributed by atoms with van der Waals surface area (Å²) in [6.45, 7) is 0. The number of benzene rings is 8. The highest BCUT2D eigenvalue weighted by Gasteiger charge is 2.18. The van der Waals surface area contributed by atoms with Gasteiger partial charge in [0, 0.05) is 49.4 Å². The molecule has 0 saturated carbocycles. The summed E-state index contributed by atoms with van der Waals surface area (Å²) in [5.74, 6) is 0. The van der Waals surface area contributed by atoms with Gasteiger partial charge in [0.1, 0.15) is 0 Å². The van der Waals surface area contributed by atoms with Crippen molar-refractivity contribution < 1.29 is 28.8 Å². The molecule has 0 saturated heterocycles. The Morgan fingerprint density at radius 2 is 0.706 bits per heavy atom. The van der Waals surface area contributed by atoms with E-state index in [1.807, 2.05) is 0 Å². The highest BCUT2D eigenvalue weighted by atomic mass is 15.0. The normalized spacial score (nSPS) is 17.7. The lowest BCUT2D eigenvalue weighted by Crippen LogP contribution is -1.95. The van der Waals surface area contributed by atoms with Crippen LogP contribution in [0.5, 0.6) is 0 Å². The lowest BCUT2D eigenvalue weighted by molar-refractivity contribution is 1.17. The fourth-order valence-electron chi connectivity index (χ4n) is 6.79. The van der Waals surface area contributed by atoms with E-state index in [2.05, 4.69) is 0 Å². The van der Waals surface area contributed by atoms with Crippen molar-refractivity contribution >= 4 is 65.4 Å². The Balaban J connectivity index is 1.35. The zero-order chi connectivity index (χ0) is 51.7. The van der Waals surface area contributed by atoms with Crippen molar-refractivity contribution in [1.29, 1.82) is 0 Å². The van der Waals surface area contributed by atoms with Crippen LogP contribution in [0.4, 0.5) is 0 Å². The smallest absolute Gasteiger partial charge is 0.0652 e. The standard InChI is InChI=1S/C48H31N3/c1-3-13-34(14-4-1)49-44-21-11-9-19-39(44)42-31-36(25-28-47(42)49)51-45-22-12-8-18-38(45)41-29-32(24-27-46(41)51)33-23-26-40-37-17-7-10-20-43(37)50(48(40)30-33)35-15-5-2-6-16-35/h1-31H/i7D,8D,9D,10D,11D,12D,17D,18D,19D,20D,21D,22D,23D,24D,25D,26D,27D,28D,29D,30D,31D. The van der Waals surface area contributed by atoms with E-state index >= 15 is 0 Å². The molecule has 0 aliphatic rings. The van der Waals surface area contributed by atoms with Crippen LogP contribution >= 0.6 is 0 Å². The van der Waals surface area contributed by atoms with Crippen LogP contribution in [0.3, 0.4) is 0 Å². The van der Waals surface area contributed by atoms with E-state index < -0.39 is 166 Å². The average molecular weight is 671 g/mol. The van der Waals surface area contributed by atoms with Gasteiger partial charge < -0.3 is 13.7 Å². The SMILES string of the molecule is [2H]c1c([2H])c([2H])c2c(c1[2H])c1c([2H])c(-n3c4c([2H])c([2H])c([2H])c([2H])c4c4c([2H])c(-c5c([2H])c([2H])c6c7c([2H])c([2H])c([2H])c([2H])c7n(-c7ccccc7)c6c5[2H])c([2H])c([2H])c43)c([2H])c([2H])c1n2-c1ccccc1. The maximum absolute atomic E-state index is 9.94. The van der Waals surface area contributed by atoms with Gasteiger partial charge in [0.15, 0.2) is 0 Å². The van der Waals surface area contributed by atoms with Gasteiger partial charge in [0.25, 0.3) is 0 Å². The summed E-state index contributed by atoms with van der Waals surface area (Å²) in [5.41, 5.74) is -2.80.